The van der Waals surface area contributed by atoms with E-state index in [1.165, 1.54) is 64.2 Å². The monoisotopic (exact) mass is 257 g/mol. The van der Waals surface area contributed by atoms with Crippen LogP contribution in [0.15, 0.2) is 0 Å². The topological polar surface area (TPSA) is 64.1 Å². The smallest absolute Gasteiger partial charge is 0.0558 e. The van der Waals surface area contributed by atoms with Crippen molar-refractivity contribution in [3.63, 3.8) is 0 Å². The molecule has 1 unspecified atom stereocenters. The Kier molecular flexibility index (Phi) is 14.8. The van der Waals surface area contributed by atoms with E-state index in [1.54, 1.807) is 0 Å². The van der Waals surface area contributed by atoms with E-state index in [0.29, 0.717) is 6.54 Å². The molecule has 0 saturated heterocycles. The zero-order chi connectivity index (χ0) is 13.5. The Morgan fingerprint density at radius 2 is 1.33 bits per heavy atom. The zero-order valence-corrected chi connectivity index (χ0v) is 12.4. The lowest BCUT2D eigenvalue weighted by Crippen LogP contribution is -2.39. The van der Waals surface area contributed by atoms with Crippen LogP contribution in [0.5, 0.6) is 0 Å². The first-order valence-corrected chi connectivity index (χ1v) is 8.00. The predicted molar refractivity (Wildman–Crippen MR) is 81.5 cm³/mol. The maximum Gasteiger partial charge on any atom is 0.0558 e. The SMILES string of the molecule is CCCCCCCCCCCCNC(N)CCN. The highest BCUT2D eigenvalue weighted by molar-refractivity contribution is 4.59. The van der Waals surface area contributed by atoms with E-state index in [2.05, 4.69) is 12.2 Å². The van der Waals surface area contributed by atoms with Crippen LogP contribution in [0.25, 0.3) is 0 Å². The second-order valence-corrected chi connectivity index (χ2v) is 5.32. The van der Waals surface area contributed by atoms with E-state index in [1.807, 2.05) is 0 Å². The minimum absolute atomic E-state index is 0.0913. The van der Waals surface area contributed by atoms with Crippen molar-refractivity contribution in [2.45, 2.75) is 83.7 Å². The van der Waals surface area contributed by atoms with Crippen molar-refractivity contribution in [2.24, 2.45) is 11.5 Å². The van der Waals surface area contributed by atoms with Gasteiger partial charge in [0.25, 0.3) is 0 Å². The van der Waals surface area contributed by atoms with Crippen LogP contribution in [-0.4, -0.2) is 19.3 Å². The third-order valence-electron chi connectivity index (χ3n) is 3.41. The highest BCUT2D eigenvalue weighted by Crippen LogP contribution is 2.10. The van der Waals surface area contributed by atoms with Gasteiger partial charge >= 0.3 is 0 Å². The summed E-state index contributed by atoms with van der Waals surface area (Å²) in [7, 11) is 0. The van der Waals surface area contributed by atoms with Crippen LogP contribution in [0.3, 0.4) is 0 Å². The minimum Gasteiger partial charge on any atom is -0.330 e. The maximum atomic E-state index is 5.81. The minimum atomic E-state index is 0.0913. The molecule has 5 N–H and O–H groups in total. The van der Waals surface area contributed by atoms with Crippen molar-refractivity contribution in [1.29, 1.82) is 0 Å². The zero-order valence-electron chi connectivity index (χ0n) is 12.4. The molecular formula is C15H35N3. The van der Waals surface area contributed by atoms with Gasteiger partial charge in [0, 0.05) is 0 Å². The van der Waals surface area contributed by atoms with Crippen LogP contribution in [0.1, 0.15) is 77.6 Å². The van der Waals surface area contributed by atoms with Gasteiger partial charge in [-0.3, -0.25) is 0 Å². The van der Waals surface area contributed by atoms with Crippen molar-refractivity contribution in [1.82, 2.24) is 5.32 Å². The van der Waals surface area contributed by atoms with Crippen molar-refractivity contribution < 1.29 is 0 Å². The Labute approximate surface area is 114 Å². The molecule has 0 rings (SSSR count). The summed E-state index contributed by atoms with van der Waals surface area (Å²) in [6.07, 6.45) is 14.8. The fraction of sp³-hybridized carbons (Fsp3) is 1.00. The molecule has 3 heteroatoms. The van der Waals surface area contributed by atoms with Gasteiger partial charge in [-0.05, 0) is 25.9 Å². The van der Waals surface area contributed by atoms with Gasteiger partial charge < -0.3 is 16.8 Å². The van der Waals surface area contributed by atoms with E-state index in [4.69, 9.17) is 11.5 Å². The number of nitrogens with two attached hydrogens (primary N) is 2. The highest BCUT2D eigenvalue weighted by Gasteiger charge is 1.98. The fourth-order valence-corrected chi connectivity index (χ4v) is 2.18. The van der Waals surface area contributed by atoms with Crippen LogP contribution in [0.2, 0.25) is 0 Å². The summed E-state index contributed by atoms with van der Waals surface area (Å²) in [5, 5.41) is 3.31. The summed E-state index contributed by atoms with van der Waals surface area (Å²) in [4.78, 5) is 0. The molecule has 0 aromatic rings. The first-order chi connectivity index (χ1) is 8.81. The summed E-state index contributed by atoms with van der Waals surface area (Å²) in [6.45, 7) is 3.98. The van der Waals surface area contributed by atoms with Crippen LogP contribution in [0.4, 0.5) is 0 Å². The molecule has 0 bridgehead atoms. The lowest BCUT2D eigenvalue weighted by Gasteiger charge is -2.12. The third kappa shape index (κ3) is 13.9. The second kappa shape index (κ2) is 14.9. The van der Waals surface area contributed by atoms with E-state index >= 15 is 0 Å². The van der Waals surface area contributed by atoms with Gasteiger partial charge in [-0.15, -0.1) is 0 Å². The molecule has 18 heavy (non-hydrogen) atoms. The Balaban J connectivity index is 2.98. The van der Waals surface area contributed by atoms with Gasteiger partial charge in [0.2, 0.25) is 0 Å². The van der Waals surface area contributed by atoms with Crippen LogP contribution in [0, 0.1) is 0 Å². The Bertz CT molecular complexity index is 151. The molecule has 0 aromatic carbocycles. The van der Waals surface area contributed by atoms with Crippen molar-refractivity contribution in [3.8, 4) is 0 Å². The lowest BCUT2D eigenvalue weighted by atomic mass is 10.1. The number of hydrogen-bond donors (Lipinski definition) is 3. The largest absolute Gasteiger partial charge is 0.330 e. The average Bonchev–Trinajstić information content (AvgIpc) is 2.36. The van der Waals surface area contributed by atoms with Gasteiger partial charge in [-0.1, -0.05) is 64.7 Å². The molecular weight excluding hydrogens is 222 g/mol. The van der Waals surface area contributed by atoms with Gasteiger partial charge in [-0.2, -0.15) is 0 Å². The van der Waals surface area contributed by atoms with Gasteiger partial charge in [-0.25, -0.2) is 0 Å². The summed E-state index contributed by atoms with van der Waals surface area (Å²) in [6, 6.07) is 0. The quantitative estimate of drug-likeness (QED) is 0.331. The third-order valence-corrected chi connectivity index (χ3v) is 3.41. The molecule has 0 heterocycles. The summed E-state index contributed by atoms with van der Waals surface area (Å²) < 4.78 is 0. The number of nitrogens with one attached hydrogen (secondary N) is 1. The molecule has 0 radical (unpaired) electrons. The number of rotatable bonds is 14. The summed E-state index contributed by atoms with van der Waals surface area (Å²) in [5.74, 6) is 0. The highest BCUT2D eigenvalue weighted by atomic mass is 15.0. The van der Waals surface area contributed by atoms with E-state index in [9.17, 15) is 0 Å². The van der Waals surface area contributed by atoms with Gasteiger partial charge in [0.1, 0.15) is 0 Å². The Morgan fingerprint density at radius 1 is 0.833 bits per heavy atom. The van der Waals surface area contributed by atoms with Crippen molar-refractivity contribution in [3.05, 3.63) is 0 Å². The molecule has 0 spiro atoms. The van der Waals surface area contributed by atoms with Gasteiger partial charge in [0.05, 0.1) is 6.17 Å². The summed E-state index contributed by atoms with van der Waals surface area (Å²) >= 11 is 0. The molecule has 3 nitrogen and oxygen atoms in total. The second-order valence-electron chi connectivity index (χ2n) is 5.32. The Morgan fingerprint density at radius 3 is 1.83 bits per heavy atom. The molecule has 0 aliphatic heterocycles. The molecule has 0 aliphatic carbocycles. The fourth-order valence-electron chi connectivity index (χ4n) is 2.18. The molecule has 0 aliphatic rings. The van der Waals surface area contributed by atoms with Gasteiger partial charge in [0.15, 0.2) is 0 Å². The van der Waals surface area contributed by atoms with Crippen LogP contribution in [-0.2, 0) is 0 Å². The molecule has 0 aromatic heterocycles. The predicted octanol–water partition coefficient (Wildman–Crippen LogP) is 3.13. The first-order valence-electron chi connectivity index (χ1n) is 8.00. The number of hydrogen-bond acceptors (Lipinski definition) is 3. The molecule has 0 amide bonds. The first kappa shape index (κ1) is 17.9. The Hall–Kier alpha value is -0.120. The summed E-state index contributed by atoms with van der Waals surface area (Å²) in [5.41, 5.74) is 11.3. The normalized spacial score (nSPS) is 12.8. The van der Waals surface area contributed by atoms with Crippen molar-refractivity contribution >= 4 is 0 Å². The van der Waals surface area contributed by atoms with E-state index in [0.717, 1.165) is 13.0 Å². The molecule has 1 atom stereocenters. The number of unbranched alkanes of at least 4 members (excludes halogenated alkanes) is 9. The van der Waals surface area contributed by atoms with Crippen LogP contribution < -0.4 is 16.8 Å². The molecule has 0 fully saturated rings. The van der Waals surface area contributed by atoms with Crippen molar-refractivity contribution in [2.75, 3.05) is 13.1 Å². The standard InChI is InChI=1S/C15H35N3/c1-2-3-4-5-6-7-8-9-10-11-14-18-15(17)12-13-16/h15,18H,2-14,16-17H2,1H3. The lowest BCUT2D eigenvalue weighted by molar-refractivity contribution is 0.478. The van der Waals surface area contributed by atoms with E-state index < -0.39 is 0 Å². The molecule has 0 saturated carbocycles. The molecule has 110 valence electrons. The van der Waals surface area contributed by atoms with Crippen LogP contribution >= 0.6 is 0 Å². The average molecular weight is 257 g/mol. The maximum absolute atomic E-state index is 5.81. The van der Waals surface area contributed by atoms with E-state index in [-0.39, 0.29) is 6.17 Å².